The molecule has 1 N–H and O–H groups in total. The van der Waals surface area contributed by atoms with E-state index in [-0.39, 0.29) is 0 Å². The molecule has 1 fully saturated rings. The van der Waals surface area contributed by atoms with Gasteiger partial charge in [-0.1, -0.05) is 23.7 Å². The molecule has 2 heterocycles. The van der Waals surface area contributed by atoms with Crippen LogP contribution in [0.2, 0.25) is 5.02 Å². The number of rotatable bonds is 5. The van der Waals surface area contributed by atoms with Gasteiger partial charge in [0.05, 0.1) is 0 Å². The highest BCUT2D eigenvalue weighted by molar-refractivity contribution is 6.30. The lowest BCUT2D eigenvalue weighted by atomic mass is 10.1. The molecule has 0 unspecified atom stereocenters. The van der Waals surface area contributed by atoms with Gasteiger partial charge in [-0.2, -0.15) is 0 Å². The van der Waals surface area contributed by atoms with E-state index in [0.717, 1.165) is 55.8 Å². The third-order valence-electron chi connectivity index (χ3n) is 4.09. The molecule has 23 heavy (non-hydrogen) atoms. The summed E-state index contributed by atoms with van der Waals surface area (Å²) in [5, 5.41) is 4.15. The van der Waals surface area contributed by atoms with Crippen molar-refractivity contribution in [2.45, 2.75) is 6.42 Å². The maximum absolute atomic E-state index is 6.01. The van der Waals surface area contributed by atoms with Crippen LogP contribution in [0.25, 0.3) is 0 Å². The van der Waals surface area contributed by atoms with Crippen LogP contribution in [-0.4, -0.2) is 54.6 Å². The number of halogens is 1. The predicted molar refractivity (Wildman–Crippen MR) is 95.4 cm³/mol. The van der Waals surface area contributed by atoms with Crippen molar-refractivity contribution in [2.75, 3.05) is 50.0 Å². The molecule has 1 aliphatic rings. The molecule has 0 aliphatic carbocycles. The number of anilines is 2. The Bertz CT molecular complexity index is 640. The lowest BCUT2D eigenvalue weighted by Gasteiger charge is -2.33. The molecule has 1 aromatic carbocycles. The Labute approximate surface area is 142 Å². The monoisotopic (exact) mass is 331 g/mol. The fourth-order valence-electron chi connectivity index (χ4n) is 2.68. The Morgan fingerprint density at radius 2 is 1.96 bits per heavy atom. The maximum atomic E-state index is 6.01. The zero-order chi connectivity index (χ0) is 16.1. The molecule has 3 rings (SSSR count). The van der Waals surface area contributed by atoms with Gasteiger partial charge in [0.2, 0.25) is 0 Å². The standard InChI is InChI=1S/C17H22ClN5/c1-22-7-9-23(10-8-22)17-12-16(20-13-21-17)19-6-5-14-3-2-4-15(18)11-14/h2-4,11-13H,5-10H2,1H3,(H,19,20,21). The zero-order valence-corrected chi connectivity index (χ0v) is 14.1. The maximum Gasteiger partial charge on any atom is 0.134 e. The SMILES string of the molecule is CN1CCN(c2cc(NCCc3cccc(Cl)c3)ncn2)CC1. The van der Waals surface area contributed by atoms with Crippen molar-refractivity contribution in [3.63, 3.8) is 0 Å². The van der Waals surface area contributed by atoms with Gasteiger partial charge in [-0.05, 0) is 31.2 Å². The molecule has 0 radical (unpaired) electrons. The molecule has 0 spiro atoms. The van der Waals surface area contributed by atoms with E-state index in [1.165, 1.54) is 5.56 Å². The molecule has 0 atom stereocenters. The third-order valence-corrected chi connectivity index (χ3v) is 4.32. The highest BCUT2D eigenvalue weighted by Gasteiger charge is 2.15. The summed E-state index contributed by atoms with van der Waals surface area (Å²) in [5.74, 6) is 1.87. The molecular formula is C17H22ClN5. The van der Waals surface area contributed by atoms with Gasteiger partial charge in [0.15, 0.2) is 0 Å². The highest BCUT2D eigenvalue weighted by Crippen LogP contribution is 2.16. The van der Waals surface area contributed by atoms with Crippen LogP contribution < -0.4 is 10.2 Å². The number of nitrogens with one attached hydrogen (secondary N) is 1. The normalized spacial score (nSPS) is 15.7. The molecular weight excluding hydrogens is 310 g/mol. The second-order valence-electron chi connectivity index (χ2n) is 5.86. The van der Waals surface area contributed by atoms with Crippen molar-refractivity contribution >= 4 is 23.2 Å². The Hall–Kier alpha value is -1.85. The fourth-order valence-corrected chi connectivity index (χ4v) is 2.89. The van der Waals surface area contributed by atoms with Crippen LogP contribution in [0.5, 0.6) is 0 Å². The van der Waals surface area contributed by atoms with Gasteiger partial charge in [-0.3, -0.25) is 0 Å². The first kappa shape index (κ1) is 16.0. The van der Waals surface area contributed by atoms with Gasteiger partial charge in [-0.15, -0.1) is 0 Å². The molecule has 2 aromatic rings. The number of aromatic nitrogens is 2. The average molecular weight is 332 g/mol. The van der Waals surface area contributed by atoms with E-state index < -0.39 is 0 Å². The Balaban J connectivity index is 1.55. The van der Waals surface area contributed by atoms with Gasteiger partial charge >= 0.3 is 0 Å². The Morgan fingerprint density at radius 3 is 2.74 bits per heavy atom. The van der Waals surface area contributed by atoms with Crippen LogP contribution in [0.15, 0.2) is 36.7 Å². The summed E-state index contributed by atoms with van der Waals surface area (Å²) in [6.45, 7) is 4.98. The Kier molecular flexibility index (Phi) is 5.31. The predicted octanol–water partition coefficient (Wildman–Crippen LogP) is 2.54. The number of piperazine rings is 1. The minimum Gasteiger partial charge on any atom is -0.370 e. The molecule has 122 valence electrons. The van der Waals surface area contributed by atoms with Crippen LogP contribution in [0, 0.1) is 0 Å². The molecule has 5 nitrogen and oxygen atoms in total. The first-order valence-electron chi connectivity index (χ1n) is 7.94. The quantitative estimate of drug-likeness (QED) is 0.912. The fraction of sp³-hybridized carbons (Fsp3) is 0.412. The Morgan fingerprint density at radius 1 is 1.13 bits per heavy atom. The summed E-state index contributed by atoms with van der Waals surface area (Å²) in [4.78, 5) is 13.4. The molecule has 0 saturated carbocycles. The van der Waals surface area contributed by atoms with E-state index >= 15 is 0 Å². The number of benzene rings is 1. The lowest BCUT2D eigenvalue weighted by Crippen LogP contribution is -2.44. The lowest BCUT2D eigenvalue weighted by molar-refractivity contribution is 0.312. The minimum absolute atomic E-state index is 0.780. The first-order valence-corrected chi connectivity index (χ1v) is 8.32. The second kappa shape index (κ2) is 7.62. The van der Waals surface area contributed by atoms with E-state index in [2.05, 4.69) is 38.2 Å². The van der Waals surface area contributed by atoms with Crippen LogP contribution >= 0.6 is 11.6 Å². The van der Waals surface area contributed by atoms with E-state index in [0.29, 0.717) is 0 Å². The van der Waals surface area contributed by atoms with Crippen LogP contribution in [0.1, 0.15) is 5.56 Å². The summed E-state index contributed by atoms with van der Waals surface area (Å²) in [7, 11) is 2.15. The average Bonchev–Trinajstić information content (AvgIpc) is 2.56. The second-order valence-corrected chi connectivity index (χ2v) is 6.29. The zero-order valence-electron chi connectivity index (χ0n) is 13.4. The summed E-state index contributed by atoms with van der Waals surface area (Å²) < 4.78 is 0. The van der Waals surface area contributed by atoms with Gasteiger partial charge in [0.25, 0.3) is 0 Å². The number of likely N-dealkylation sites (N-methyl/N-ethyl adjacent to an activating group) is 1. The minimum atomic E-state index is 0.780. The van der Waals surface area contributed by atoms with Crippen molar-refractivity contribution in [3.05, 3.63) is 47.2 Å². The largest absolute Gasteiger partial charge is 0.370 e. The van der Waals surface area contributed by atoms with Crippen molar-refractivity contribution < 1.29 is 0 Å². The van der Waals surface area contributed by atoms with E-state index in [9.17, 15) is 0 Å². The van der Waals surface area contributed by atoms with Crippen molar-refractivity contribution in [3.8, 4) is 0 Å². The molecule has 0 amide bonds. The summed E-state index contributed by atoms with van der Waals surface area (Å²) in [6.07, 6.45) is 2.55. The summed E-state index contributed by atoms with van der Waals surface area (Å²) in [6, 6.07) is 9.99. The topological polar surface area (TPSA) is 44.3 Å². The van der Waals surface area contributed by atoms with Crippen molar-refractivity contribution in [1.29, 1.82) is 0 Å². The third kappa shape index (κ3) is 4.56. The molecule has 1 aromatic heterocycles. The van der Waals surface area contributed by atoms with Crippen molar-refractivity contribution in [1.82, 2.24) is 14.9 Å². The molecule has 1 saturated heterocycles. The number of hydrogen-bond donors (Lipinski definition) is 1. The van der Waals surface area contributed by atoms with Crippen molar-refractivity contribution in [2.24, 2.45) is 0 Å². The van der Waals surface area contributed by atoms with Crippen LogP contribution in [0.3, 0.4) is 0 Å². The van der Waals surface area contributed by atoms with Crippen LogP contribution in [0.4, 0.5) is 11.6 Å². The smallest absolute Gasteiger partial charge is 0.134 e. The van der Waals surface area contributed by atoms with Gasteiger partial charge in [-0.25, -0.2) is 9.97 Å². The van der Waals surface area contributed by atoms with Gasteiger partial charge in [0, 0.05) is 43.8 Å². The summed E-state index contributed by atoms with van der Waals surface area (Å²) in [5.41, 5.74) is 1.22. The molecule has 6 heteroatoms. The van der Waals surface area contributed by atoms with Crippen LogP contribution in [-0.2, 0) is 6.42 Å². The first-order chi connectivity index (χ1) is 11.2. The van der Waals surface area contributed by atoms with E-state index in [1.807, 2.05) is 24.3 Å². The number of hydrogen-bond acceptors (Lipinski definition) is 5. The molecule has 1 aliphatic heterocycles. The van der Waals surface area contributed by atoms with E-state index in [4.69, 9.17) is 11.6 Å². The number of nitrogens with zero attached hydrogens (tertiary/aromatic N) is 4. The van der Waals surface area contributed by atoms with Gasteiger partial charge in [0.1, 0.15) is 18.0 Å². The molecule has 0 bridgehead atoms. The summed E-state index contributed by atoms with van der Waals surface area (Å²) >= 11 is 6.01. The van der Waals surface area contributed by atoms with Gasteiger partial charge < -0.3 is 15.1 Å². The van der Waals surface area contributed by atoms with E-state index in [1.54, 1.807) is 6.33 Å². The highest BCUT2D eigenvalue weighted by atomic mass is 35.5.